The fourth-order valence-electron chi connectivity index (χ4n) is 2.08. The van der Waals surface area contributed by atoms with Crippen LogP contribution >= 0.6 is 12.4 Å². The summed E-state index contributed by atoms with van der Waals surface area (Å²) in [6, 6.07) is 6.75. The van der Waals surface area contributed by atoms with E-state index in [4.69, 9.17) is 4.74 Å². The molecule has 108 valence electrons. The summed E-state index contributed by atoms with van der Waals surface area (Å²) in [5, 5.41) is 3.11. The molecule has 0 radical (unpaired) electrons. The number of rotatable bonds is 4. The van der Waals surface area contributed by atoms with E-state index in [-0.39, 0.29) is 18.4 Å². The minimum absolute atomic E-state index is 0. The largest absolute Gasteiger partial charge is 0.497 e. The van der Waals surface area contributed by atoms with E-state index >= 15 is 0 Å². The van der Waals surface area contributed by atoms with Gasteiger partial charge in [0.2, 0.25) is 10.0 Å². The van der Waals surface area contributed by atoms with Crippen LogP contribution in [-0.2, 0) is 10.0 Å². The zero-order valence-electron chi connectivity index (χ0n) is 11.0. The Hall–Kier alpha value is -0.820. The molecule has 1 saturated heterocycles. The van der Waals surface area contributed by atoms with Crippen molar-refractivity contribution in [3.8, 4) is 5.75 Å². The first-order chi connectivity index (χ1) is 8.57. The molecule has 1 heterocycles. The molecule has 1 aromatic carbocycles. The van der Waals surface area contributed by atoms with Crippen LogP contribution in [0.5, 0.6) is 5.75 Å². The van der Waals surface area contributed by atoms with Crippen LogP contribution < -0.4 is 10.1 Å². The molecule has 1 aromatic rings. The molecule has 0 amide bonds. The Morgan fingerprint density at radius 2 is 1.95 bits per heavy atom. The average Bonchev–Trinajstić information content (AvgIpc) is 2.88. The van der Waals surface area contributed by atoms with Crippen molar-refractivity contribution in [2.75, 3.05) is 27.2 Å². The summed E-state index contributed by atoms with van der Waals surface area (Å²) < 4.78 is 31.3. The normalized spacial score (nSPS) is 20.0. The molecule has 0 aliphatic carbocycles. The molecule has 7 heteroatoms. The smallest absolute Gasteiger partial charge is 0.243 e. The van der Waals surface area contributed by atoms with Crippen LogP contribution in [0.3, 0.4) is 0 Å². The average molecular weight is 307 g/mol. The Balaban J connectivity index is 0.00000180. The SMILES string of the molecule is CNC1CCN(S(=O)(=O)c2ccc(OC)cc2)C1.Cl. The van der Waals surface area contributed by atoms with Gasteiger partial charge in [0.1, 0.15) is 5.75 Å². The number of nitrogens with zero attached hydrogens (tertiary/aromatic N) is 1. The van der Waals surface area contributed by atoms with Gasteiger partial charge >= 0.3 is 0 Å². The molecule has 1 aliphatic rings. The summed E-state index contributed by atoms with van der Waals surface area (Å²) in [6.45, 7) is 1.10. The molecule has 2 rings (SSSR count). The molecule has 1 aliphatic heterocycles. The van der Waals surface area contributed by atoms with Gasteiger partial charge in [-0.2, -0.15) is 4.31 Å². The van der Waals surface area contributed by atoms with E-state index in [9.17, 15) is 8.42 Å². The number of likely N-dealkylation sites (N-methyl/N-ethyl adjacent to an activating group) is 1. The highest BCUT2D eigenvalue weighted by Gasteiger charge is 2.31. The lowest BCUT2D eigenvalue weighted by Gasteiger charge is -2.16. The van der Waals surface area contributed by atoms with E-state index in [1.807, 2.05) is 7.05 Å². The summed E-state index contributed by atoms with van der Waals surface area (Å²) in [7, 11) is 0.0434. The van der Waals surface area contributed by atoms with Gasteiger partial charge in [0, 0.05) is 19.1 Å². The lowest BCUT2D eigenvalue weighted by Crippen LogP contribution is -2.33. The monoisotopic (exact) mass is 306 g/mol. The van der Waals surface area contributed by atoms with Crippen LogP contribution in [0.15, 0.2) is 29.2 Å². The summed E-state index contributed by atoms with van der Waals surface area (Å²) >= 11 is 0. The van der Waals surface area contributed by atoms with Crippen molar-refractivity contribution in [1.29, 1.82) is 0 Å². The van der Waals surface area contributed by atoms with Crippen LogP contribution in [0, 0.1) is 0 Å². The number of benzene rings is 1. The van der Waals surface area contributed by atoms with Crippen molar-refractivity contribution in [3.05, 3.63) is 24.3 Å². The first-order valence-electron chi connectivity index (χ1n) is 5.89. The van der Waals surface area contributed by atoms with Gasteiger partial charge in [-0.3, -0.25) is 0 Å². The topological polar surface area (TPSA) is 58.6 Å². The Kier molecular flexibility index (Phi) is 5.61. The molecule has 19 heavy (non-hydrogen) atoms. The van der Waals surface area contributed by atoms with Crippen molar-refractivity contribution in [2.45, 2.75) is 17.4 Å². The summed E-state index contributed by atoms with van der Waals surface area (Å²) in [5.41, 5.74) is 0. The quantitative estimate of drug-likeness (QED) is 0.905. The van der Waals surface area contributed by atoms with E-state index in [1.54, 1.807) is 31.4 Å². The molecular formula is C12H19ClN2O3S. The van der Waals surface area contributed by atoms with Gasteiger partial charge in [0.15, 0.2) is 0 Å². The van der Waals surface area contributed by atoms with Crippen molar-refractivity contribution in [3.63, 3.8) is 0 Å². The second-order valence-corrected chi connectivity index (χ2v) is 6.25. The van der Waals surface area contributed by atoms with Crippen molar-refractivity contribution in [2.24, 2.45) is 0 Å². The predicted molar refractivity (Wildman–Crippen MR) is 76.5 cm³/mol. The molecule has 0 saturated carbocycles. The van der Waals surface area contributed by atoms with Crippen LogP contribution in [-0.4, -0.2) is 46.0 Å². The number of hydrogen-bond donors (Lipinski definition) is 1. The fraction of sp³-hybridized carbons (Fsp3) is 0.500. The molecule has 1 unspecified atom stereocenters. The summed E-state index contributed by atoms with van der Waals surface area (Å²) in [4.78, 5) is 0.319. The van der Waals surface area contributed by atoms with Gasteiger partial charge in [-0.25, -0.2) is 8.42 Å². The summed E-state index contributed by atoms with van der Waals surface area (Å²) in [5.74, 6) is 0.656. The van der Waals surface area contributed by atoms with Gasteiger partial charge in [-0.15, -0.1) is 12.4 Å². The molecule has 0 bridgehead atoms. The van der Waals surface area contributed by atoms with Gasteiger partial charge in [0.25, 0.3) is 0 Å². The van der Waals surface area contributed by atoms with E-state index in [0.717, 1.165) is 6.42 Å². The maximum Gasteiger partial charge on any atom is 0.243 e. The lowest BCUT2D eigenvalue weighted by atomic mass is 10.3. The first kappa shape index (κ1) is 16.2. The molecule has 1 fully saturated rings. The third kappa shape index (κ3) is 3.39. The third-order valence-electron chi connectivity index (χ3n) is 3.26. The minimum Gasteiger partial charge on any atom is -0.497 e. The number of ether oxygens (including phenoxy) is 1. The third-order valence-corrected chi connectivity index (χ3v) is 5.14. The van der Waals surface area contributed by atoms with Gasteiger partial charge < -0.3 is 10.1 Å². The maximum atomic E-state index is 12.4. The lowest BCUT2D eigenvalue weighted by molar-refractivity contribution is 0.414. The van der Waals surface area contributed by atoms with Crippen LogP contribution in [0.25, 0.3) is 0 Å². The molecule has 0 aromatic heterocycles. The second-order valence-electron chi connectivity index (χ2n) is 4.31. The molecule has 0 spiro atoms. The number of sulfonamides is 1. The van der Waals surface area contributed by atoms with E-state index in [2.05, 4.69) is 5.32 Å². The number of methoxy groups -OCH3 is 1. The Labute approximate surface area is 120 Å². The van der Waals surface area contributed by atoms with Crippen molar-refractivity contribution >= 4 is 22.4 Å². The zero-order valence-corrected chi connectivity index (χ0v) is 12.6. The predicted octanol–water partition coefficient (Wildman–Crippen LogP) is 1.10. The zero-order chi connectivity index (χ0) is 13.2. The standard InChI is InChI=1S/C12H18N2O3S.ClH/c1-13-10-7-8-14(9-10)18(15,16)12-5-3-11(17-2)4-6-12;/h3-6,10,13H,7-9H2,1-2H3;1H. The highest BCUT2D eigenvalue weighted by Crippen LogP contribution is 2.22. The van der Waals surface area contributed by atoms with Gasteiger partial charge in [-0.1, -0.05) is 0 Å². The maximum absolute atomic E-state index is 12.4. The van der Waals surface area contributed by atoms with E-state index < -0.39 is 10.0 Å². The van der Waals surface area contributed by atoms with Crippen LogP contribution in [0.2, 0.25) is 0 Å². The summed E-state index contributed by atoms with van der Waals surface area (Å²) in [6.07, 6.45) is 0.853. The number of nitrogens with one attached hydrogen (secondary N) is 1. The van der Waals surface area contributed by atoms with Crippen LogP contribution in [0.1, 0.15) is 6.42 Å². The minimum atomic E-state index is -3.37. The highest BCUT2D eigenvalue weighted by atomic mass is 35.5. The fourth-order valence-corrected chi connectivity index (χ4v) is 3.58. The Morgan fingerprint density at radius 3 is 2.42 bits per heavy atom. The van der Waals surface area contributed by atoms with Gasteiger partial charge in [-0.05, 0) is 37.7 Å². The Bertz CT molecular complexity index is 504. The van der Waals surface area contributed by atoms with E-state index in [0.29, 0.717) is 23.7 Å². The van der Waals surface area contributed by atoms with Crippen molar-refractivity contribution < 1.29 is 13.2 Å². The Morgan fingerprint density at radius 1 is 1.32 bits per heavy atom. The molecule has 5 nitrogen and oxygen atoms in total. The van der Waals surface area contributed by atoms with Crippen LogP contribution in [0.4, 0.5) is 0 Å². The molecular weight excluding hydrogens is 288 g/mol. The van der Waals surface area contributed by atoms with E-state index in [1.165, 1.54) is 4.31 Å². The molecule has 1 N–H and O–H groups in total. The van der Waals surface area contributed by atoms with Gasteiger partial charge in [0.05, 0.1) is 12.0 Å². The first-order valence-corrected chi connectivity index (χ1v) is 7.33. The van der Waals surface area contributed by atoms with Crippen molar-refractivity contribution in [1.82, 2.24) is 9.62 Å². The molecule has 1 atom stereocenters. The second kappa shape index (κ2) is 6.56. The number of hydrogen-bond acceptors (Lipinski definition) is 4. The highest BCUT2D eigenvalue weighted by molar-refractivity contribution is 7.89. The number of halogens is 1.